The van der Waals surface area contributed by atoms with Crippen LogP contribution in [0.3, 0.4) is 0 Å². The van der Waals surface area contributed by atoms with Gasteiger partial charge in [-0.3, -0.25) is 9.59 Å². The van der Waals surface area contributed by atoms with Crippen LogP contribution in [0.25, 0.3) is 0 Å². The summed E-state index contributed by atoms with van der Waals surface area (Å²) in [6.07, 6.45) is 4.92. The molecule has 2 amide bonds. The van der Waals surface area contributed by atoms with Crippen molar-refractivity contribution < 1.29 is 9.59 Å². The maximum Gasteiger partial charge on any atom is 0.253 e. The van der Waals surface area contributed by atoms with Gasteiger partial charge in [0.15, 0.2) is 0 Å². The lowest BCUT2D eigenvalue weighted by Gasteiger charge is -2.42. The third-order valence-corrected chi connectivity index (χ3v) is 5.52. The second-order valence-electron chi connectivity index (χ2n) is 7.41. The minimum absolute atomic E-state index is 0. The van der Waals surface area contributed by atoms with Crippen LogP contribution in [0.5, 0.6) is 0 Å². The van der Waals surface area contributed by atoms with E-state index in [4.69, 9.17) is 5.73 Å². The lowest BCUT2D eigenvalue weighted by Crippen LogP contribution is -2.55. The molecule has 0 radical (unpaired) electrons. The molecule has 0 aliphatic carbocycles. The van der Waals surface area contributed by atoms with E-state index in [1.807, 2.05) is 47.1 Å². The molecule has 1 aromatic rings. The highest BCUT2D eigenvalue weighted by Crippen LogP contribution is 2.26. The molecule has 2 aliphatic rings. The van der Waals surface area contributed by atoms with Crippen molar-refractivity contribution >= 4 is 24.2 Å². The lowest BCUT2D eigenvalue weighted by molar-refractivity contribution is -0.141. The Bertz CT molecular complexity index is 608. The molecule has 0 spiro atoms. The molecule has 1 aromatic carbocycles. The molecule has 2 heterocycles. The monoisotopic (exact) mass is 379 g/mol. The van der Waals surface area contributed by atoms with E-state index in [1.54, 1.807) is 0 Å². The molecule has 3 rings (SSSR count). The Morgan fingerprint density at radius 3 is 2.50 bits per heavy atom. The van der Waals surface area contributed by atoms with Gasteiger partial charge in [-0.25, -0.2) is 0 Å². The van der Waals surface area contributed by atoms with E-state index in [0.29, 0.717) is 12.1 Å². The standard InChI is InChI=1S/C20H29N3O2.ClH/c1-15(21)18-11-5-6-13-23(18)20(25)17-10-7-12-22(14-17)19(24)16-8-3-2-4-9-16;/h2-4,8-9,15,17-18H,5-7,10-14,21H2,1H3;1H. The molecule has 144 valence electrons. The third-order valence-electron chi connectivity index (χ3n) is 5.52. The van der Waals surface area contributed by atoms with Gasteiger partial charge in [0.05, 0.1) is 5.92 Å². The average molecular weight is 380 g/mol. The van der Waals surface area contributed by atoms with Crippen molar-refractivity contribution in [1.82, 2.24) is 9.80 Å². The van der Waals surface area contributed by atoms with Gasteiger partial charge in [-0.1, -0.05) is 18.2 Å². The summed E-state index contributed by atoms with van der Waals surface area (Å²) in [5.74, 6) is 0.119. The van der Waals surface area contributed by atoms with Gasteiger partial charge in [0, 0.05) is 37.3 Å². The van der Waals surface area contributed by atoms with Crippen molar-refractivity contribution in [2.45, 2.75) is 51.1 Å². The Balaban J connectivity index is 0.00000243. The Kier molecular flexibility index (Phi) is 7.47. The molecule has 0 bridgehead atoms. The molecule has 3 unspecified atom stereocenters. The van der Waals surface area contributed by atoms with Crippen LogP contribution in [0.4, 0.5) is 0 Å². The molecule has 2 saturated heterocycles. The number of likely N-dealkylation sites (tertiary alicyclic amines) is 2. The van der Waals surface area contributed by atoms with E-state index in [-0.39, 0.29) is 42.2 Å². The summed E-state index contributed by atoms with van der Waals surface area (Å²) < 4.78 is 0. The predicted octanol–water partition coefficient (Wildman–Crippen LogP) is 2.69. The molecular weight excluding hydrogens is 350 g/mol. The molecular formula is C20H30ClN3O2. The van der Waals surface area contributed by atoms with Crippen molar-refractivity contribution in [3.63, 3.8) is 0 Å². The number of carbonyl (C=O) groups excluding carboxylic acids is 2. The van der Waals surface area contributed by atoms with Crippen LogP contribution in [0.2, 0.25) is 0 Å². The van der Waals surface area contributed by atoms with Gasteiger partial charge >= 0.3 is 0 Å². The van der Waals surface area contributed by atoms with Gasteiger partial charge in [-0.15, -0.1) is 12.4 Å². The number of piperidine rings is 2. The average Bonchev–Trinajstić information content (AvgIpc) is 2.67. The Hall–Kier alpha value is -1.59. The van der Waals surface area contributed by atoms with E-state index < -0.39 is 0 Å². The fourth-order valence-corrected chi connectivity index (χ4v) is 4.14. The van der Waals surface area contributed by atoms with Gasteiger partial charge in [-0.05, 0) is 51.2 Å². The molecule has 3 atom stereocenters. The van der Waals surface area contributed by atoms with Crippen molar-refractivity contribution in [1.29, 1.82) is 0 Å². The van der Waals surface area contributed by atoms with Crippen molar-refractivity contribution in [2.75, 3.05) is 19.6 Å². The summed E-state index contributed by atoms with van der Waals surface area (Å²) in [5, 5.41) is 0. The Morgan fingerprint density at radius 2 is 1.81 bits per heavy atom. The topological polar surface area (TPSA) is 66.6 Å². The quantitative estimate of drug-likeness (QED) is 0.877. The van der Waals surface area contributed by atoms with Crippen LogP contribution in [-0.4, -0.2) is 53.3 Å². The fourth-order valence-electron chi connectivity index (χ4n) is 4.14. The van der Waals surface area contributed by atoms with Crippen LogP contribution >= 0.6 is 12.4 Å². The Morgan fingerprint density at radius 1 is 1.08 bits per heavy atom. The molecule has 5 nitrogen and oxygen atoms in total. The molecule has 2 aliphatic heterocycles. The van der Waals surface area contributed by atoms with Crippen LogP contribution in [0.15, 0.2) is 30.3 Å². The maximum absolute atomic E-state index is 13.1. The highest BCUT2D eigenvalue weighted by atomic mass is 35.5. The predicted molar refractivity (Wildman–Crippen MR) is 105 cm³/mol. The van der Waals surface area contributed by atoms with Crippen molar-refractivity contribution in [3.8, 4) is 0 Å². The molecule has 2 N–H and O–H groups in total. The number of benzene rings is 1. The minimum Gasteiger partial charge on any atom is -0.338 e. The lowest BCUT2D eigenvalue weighted by atomic mass is 9.91. The highest BCUT2D eigenvalue weighted by molar-refractivity contribution is 5.94. The number of rotatable bonds is 3. The minimum atomic E-state index is -0.0965. The molecule has 6 heteroatoms. The van der Waals surface area contributed by atoms with Gasteiger partial charge in [0.25, 0.3) is 5.91 Å². The van der Waals surface area contributed by atoms with Gasteiger partial charge < -0.3 is 15.5 Å². The highest BCUT2D eigenvalue weighted by Gasteiger charge is 2.36. The summed E-state index contributed by atoms with van der Waals surface area (Å²) in [6, 6.07) is 9.47. The number of amides is 2. The molecule has 0 saturated carbocycles. The smallest absolute Gasteiger partial charge is 0.253 e. The zero-order valence-electron chi connectivity index (χ0n) is 15.5. The maximum atomic E-state index is 13.1. The fraction of sp³-hybridized carbons (Fsp3) is 0.600. The normalized spacial score (nSPS) is 24.5. The number of carbonyl (C=O) groups is 2. The zero-order valence-corrected chi connectivity index (χ0v) is 16.3. The van der Waals surface area contributed by atoms with E-state index in [2.05, 4.69) is 0 Å². The van der Waals surface area contributed by atoms with E-state index in [1.165, 1.54) is 0 Å². The first-order valence-corrected chi connectivity index (χ1v) is 9.48. The van der Waals surface area contributed by atoms with Gasteiger partial charge in [0.2, 0.25) is 5.91 Å². The van der Waals surface area contributed by atoms with Crippen LogP contribution in [-0.2, 0) is 4.79 Å². The number of nitrogens with two attached hydrogens (primary N) is 1. The van der Waals surface area contributed by atoms with E-state index in [0.717, 1.165) is 45.2 Å². The number of nitrogens with zero attached hydrogens (tertiary/aromatic N) is 2. The first-order chi connectivity index (χ1) is 12.1. The summed E-state index contributed by atoms with van der Waals surface area (Å²) in [6.45, 7) is 4.04. The van der Waals surface area contributed by atoms with Gasteiger partial charge in [0.1, 0.15) is 0 Å². The van der Waals surface area contributed by atoms with Crippen LogP contribution in [0, 0.1) is 5.92 Å². The number of hydrogen-bond donors (Lipinski definition) is 1. The Labute approximate surface area is 162 Å². The largest absolute Gasteiger partial charge is 0.338 e. The third kappa shape index (κ3) is 4.57. The SMILES string of the molecule is CC(N)C1CCCCN1C(=O)C1CCCN(C(=O)c2ccccc2)C1.Cl. The summed E-state index contributed by atoms with van der Waals surface area (Å²) in [4.78, 5) is 29.6. The molecule has 2 fully saturated rings. The van der Waals surface area contributed by atoms with Crippen molar-refractivity contribution in [3.05, 3.63) is 35.9 Å². The van der Waals surface area contributed by atoms with Gasteiger partial charge in [-0.2, -0.15) is 0 Å². The number of hydrogen-bond acceptors (Lipinski definition) is 3. The first kappa shape index (κ1) is 20.7. The second-order valence-corrected chi connectivity index (χ2v) is 7.41. The second kappa shape index (κ2) is 9.38. The van der Waals surface area contributed by atoms with E-state index >= 15 is 0 Å². The summed E-state index contributed by atoms with van der Waals surface area (Å²) in [5.41, 5.74) is 6.81. The number of halogens is 1. The van der Waals surface area contributed by atoms with Crippen LogP contribution in [0.1, 0.15) is 49.4 Å². The van der Waals surface area contributed by atoms with Crippen molar-refractivity contribution in [2.24, 2.45) is 11.7 Å². The van der Waals surface area contributed by atoms with E-state index in [9.17, 15) is 9.59 Å². The molecule has 26 heavy (non-hydrogen) atoms. The first-order valence-electron chi connectivity index (χ1n) is 9.48. The molecule has 0 aromatic heterocycles. The zero-order chi connectivity index (χ0) is 17.8. The summed E-state index contributed by atoms with van der Waals surface area (Å²) in [7, 11) is 0. The van der Waals surface area contributed by atoms with Crippen LogP contribution < -0.4 is 5.73 Å². The summed E-state index contributed by atoms with van der Waals surface area (Å²) >= 11 is 0.